The highest BCUT2D eigenvalue weighted by molar-refractivity contribution is 6.04. The number of fused-ring (bicyclic) bond motifs is 1. The van der Waals surface area contributed by atoms with Gasteiger partial charge in [0.2, 0.25) is 18.8 Å². The van der Waals surface area contributed by atoms with Crippen LogP contribution in [-0.2, 0) is 14.4 Å². The molecule has 1 aromatic carbocycles. The molecule has 0 radical (unpaired) electrons. The van der Waals surface area contributed by atoms with Crippen LogP contribution in [0.5, 0.6) is 11.5 Å². The number of carbonyl (C=O) groups is 2. The van der Waals surface area contributed by atoms with Gasteiger partial charge in [-0.15, -0.1) is 0 Å². The van der Waals surface area contributed by atoms with Crippen molar-refractivity contribution >= 4 is 17.5 Å². The van der Waals surface area contributed by atoms with E-state index in [-0.39, 0.29) is 31.6 Å². The second-order valence-electron chi connectivity index (χ2n) is 6.29. The van der Waals surface area contributed by atoms with Gasteiger partial charge in [0.15, 0.2) is 11.5 Å². The van der Waals surface area contributed by atoms with E-state index in [1.54, 1.807) is 0 Å². The standard InChI is InChI=1S/C17H19N3O5/c21-16(19-11-2-3-11)5-6-18-17(22)15-8-12(20-25-15)10-1-4-13-14(7-10)24-9-23-13/h1,4,7,11,15H,2-3,5-6,8-9H2,(H,18,22)(H,19,21). The molecular weight excluding hydrogens is 326 g/mol. The molecule has 2 N–H and O–H groups in total. The molecule has 8 heteroatoms. The Hall–Kier alpha value is -2.77. The zero-order valence-corrected chi connectivity index (χ0v) is 13.6. The van der Waals surface area contributed by atoms with E-state index in [4.69, 9.17) is 14.3 Å². The molecule has 4 rings (SSSR count). The fraction of sp³-hybridized carbons (Fsp3) is 0.471. The van der Waals surface area contributed by atoms with Crippen LogP contribution >= 0.6 is 0 Å². The Morgan fingerprint density at radius 2 is 2.04 bits per heavy atom. The Bertz CT molecular complexity index is 729. The number of oxime groups is 1. The van der Waals surface area contributed by atoms with Crippen LogP contribution in [0.3, 0.4) is 0 Å². The van der Waals surface area contributed by atoms with Crippen LogP contribution in [0.15, 0.2) is 23.4 Å². The fourth-order valence-corrected chi connectivity index (χ4v) is 2.71. The van der Waals surface area contributed by atoms with Gasteiger partial charge in [-0.05, 0) is 31.0 Å². The van der Waals surface area contributed by atoms with Gasteiger partial charge in [0.1, 0.15) is 0 Å². The van der Waals surface area contributed by atoms with Crippen molar-refractivity contribution in [3.63, 3.8) is 0 Å². The molecule has 1 aromatic rings. The largest absolute Gasteiger partial charge is 0.454 e. The summed E-state index contributed by atoms with van der Waals surface area (Å²) < 4.78 is 10.6. The van der Waals surface area contributed by atoms with Gasteiger partial charge in [-0.3, -0.25) is 9.59 Å². The number of ether oxygens (including phenoxy) is 2. The van der Waals surface area contributed by atoms with E-state index in [2.05, 4.69) is 15.8 Å². The fourth-order valence-electron chi connectivity index (χ4n) is 2.71. The second-order valence-corrected chi connectivity index (χ2v) is 6.29. The Balaban J connectivity index is 1.25. The molecule has 2 heterocycles. The van der Waals surface area contributed by atoms with E-state index in [1.807, 2.05) is 18.2 Å². The Labute approximate surface area is 144 Å². The van der Waals surface area contributed by atoms with E-state index in [0.717, 1.165) is 18.4 Å². The molecule has 25 heavy (non-hydrogen) atoms. The summed E-state index contributed by atoms with van der Waals surface area (Å²) >= 11 is 0. The van der Waals surface area contributed by atoms with E-state index in [9.17, 15) is 9.59 Å². The maximum Gasteiger partial charge on any atom is 0.264 e. The minimum atomic E-state index is -0.674. The predicted molar refractivity (Wildman–Crippen MR) is 87.4 cm³/mol. The number of hydrogen-bond donors (Lipinski definition) is 2. The normalized spacial score (nSPS) is 20.6. The monoisotopic (exact) mass is 345 g/mol. The minimum Gasteiger partial charge on any atom is -0.454 e. The maximum absolute atomic E-state index is 12.1. The molecule has 0 aromatic heterocycles. The highest BCUT2D eigenvalue weighted by Crippen LogP contribution is 2.33. The van der Waals surface area contributed by atoms with Crippen LogP contribution in [0, 0.1) is 0 Å². The van der Waals surface area contributed by atoms with Crippen molar-refractivity contribution in [1.82, 2.24) is 10.6 Å². The molecule has 0 saturated heterocycles. The third-order valence-corrected chi connectivity index (χ3v) is 4.26. The summed E-state index contributed by atoms with van der Waals surface area (Å²) in [7, 11) is 0. The van der Waals surface area contributed by atoms with Crippen molar-refractivity contribution in [1.29, 1.82) is 0 Å². The summed E-state index contributed by atoms with van der Waals surface area (Å²) in [5, 5.41) is 9.60. The van der Waals surface area contributed by atoms with Crippen molar-refractivity contribution in [3.05, 3.63) is 23.8 Å². The third-order valence-electron chi connectivity index (χ3n) is 4.26. The number of nitrogens with one attached hydrogen (secondary N) is 2. The first-order valence-electron chi connectivity index (χ1n) is 8.39. The van der Waals surface area contributed by atoms with Crippen molar-refractivity contribution in [2.75, 3.05) is 13.3 Å². The summed E-state index contributed by atoms with van der Waals surface area (Å²) in [5.41, 5.74) is 1.52. The lowest BCUT2D eigenvalue weighted by molar-refractivity contribution is -0.131. The summed E-state index contributed by atoms with van der Waals surface area (Å²) in [5.74, 6) is 1.06. The first kappa shape index (κ1) is 15.7. The molecule has 3 aliphatic rings. The molecule has 1 atom stereocenters. The molecule has 2 amide bonds. The van der Waals surface area contributed by atoms with E-state index >= 15 is 0 Å². The smallest absolute Gasteiger partial charge is 0.264 e. The van der Waals surface area contributed by atoms with Crippen LogP contribution < -0.4 is 20.1 Å². The molecule has 132 valence electrons. The quantitative estimate of drug-likeness (QED) is 0.791. The first-order chi connectivity index (χ1) is 12.2. The molecule has 0 bridgehead atoms. The second kappa shape index (κ2) is 6.62. The van der Waals surface area contributed by atoms with Crippen LogP contribution in [0.1, 0.15) is 31.2 Å². The summed E-state index contributed by atoms with van der Waals surface area (Å²) in [4.78, 5) is 29.0. The molecule has 8 nitrogen and oxygen atoms in total. The molecule has 1 saturated carbocycles. The highest BCUT2D eigenvalue weighted by Gasteiger charge is 2.30. The van der Waals surface area contributed by atoms with Gasteiger partial charge in [-0.25, -0.2) is 0 Å². The van der Waals surface area contributed by atoms with Crippen LogP contribution in [0.4, 0.5) is 0 Å². The highest BCUT2D eigenvalue weighted by atomic mass is 16.7. The van der Waals surface area contributed by atoms with Gasteiger partial charge < -0.3 is 24.9 Å². The van der Waals surface area contributed by atoms with Crippen molar-refractivity contribution in [3.8, 4) is 11.5 Å². The van der Waals surface area contributed by atoms with Gasteiger partial charge in [0, 0.05) is 31.0 Å². The van der Waals surface area contributed by atoms with Crippen LogP contribution in [0.25, 0.3) is 0 Å². The van der Waals surface area contributed by atoms with Gasteiger partial charge in [-0.1, -0.05) is 5.16 Å². The van der Waals surface area contributed by atoms with Crippen molar-refractivity contribution in [2.45, 2.75) is 37.8 Å². The third kappa shape index (κ3) is 3.67. The molecule has 1 unspecified atom stereocenters. The Morgan fingerprint density at radius 1 is 1.20 bits per heavy atom. The lowest BCUT2D eigenvalue weighted by Crippen LogP contribution is -2.37. The van der Waals surface area contributed by atoms with Gasteiger partial charge >= 0.3 is 0 Å². The van der Waals surface area contributed by atoms with Crippen molar-refractivity contribution < 1.29 is 23.9 Å². The summed E-state index contributed by atoms with van der Waals surface area (Å²) in [6.45, 7) is 0.498. The number of nitrogens with zero attached hydrogens (tertiary/aromatic N) is 1. The Kier molecular flexibility index (Phi) is 4.17. The maximum atomic E-state index is 12.1. The number of hydrogen-bond acceptors (Lipinski definition) is 6. The molecule has 1 fully saturated rings. The van der Waals surface area contributed by atoms with Crippen LogP contribution in [-0.4, -0.2) is 43.0 Å². The van der Waals surface area contributed by atoms with Gasteiger partial charge in [-0.2, -0.15) is 0 Å². The lowest BCUT2D eigenvalue weighted by Gasteiger charge is -2.09. The molecular formula is C17H19N3O5. The number of amides is 2. The summed E-state index contributed by atoms with van der Waals surface area (Å²) in [6, 6.07) is 5.83. The number of rotatable bonds is 6. The van der Waals surface area contributed by atoms with E-state index in [0.29, 0.717) is 29.7 Å². The first-order valence-corrected chi connectivity index (χ1v) is 8.39. The van der Waals surface area contributed by atoms with E-state index in [1.165, 1.54) is 0 Å². The predicted octanol–water partition coefficient (Wildman–Crippen LogP) is 0.693. The average molecular weight is 345 g/mol. The molecule has 1 aliphatic carbocycles. The summed E-state index contributed by atoms with van der Waals surface area (Å²) in [6.07, 6.45) is 2.07. The zero-order chi connectivity index (χ0) is 17.2. The molecule has 0 spiro atoms. The number of carbonyl (C=O) groups excluding carboxylic acids is 2. The van der Waals surface area contributed by atoms with E-state index < -0.39 is 6.10 Å². The van der Waals surface area contributed by atoms with Crippen molar-refractivity contribution in [2.24, 2.45) is 5.16 Å². The lowest BCUT2D eigenvalue weighted by atomic mass is 10.0. The number of benzene rings is 1. The SMILES string of the molecule is O=C(CCNC(=O)C1CC(c2ccc3c(c2)OCO3)=NO1)NC1CC1. The minimum absolute atomic E-state index is 0.0348. The van der Waals surface area contributed by atoms with Gasteiger partial charge in [0.25, 0.3) is 5.91 Å². The topological polar surface area (TPSA) is 98.3 Å². The van der Waals surface area contributed by atoms with Gasteiger partial charge in [0.05, 0.1) is 5.71 Å². The Morgan fingerprint density at radius 3 is 2.88 bits per heavy atom. The zero-order valence-electron chi connectivity index (χ0n) is 13.6. The average Bonchev–Trinajstić information content (AvgIpc) is 3.12. The molecule has 2 aliphatic heterocycles. The van der Waals surface area contributed by atoms with Crippen LogP contribution in [0.2, 0.25) is 0 Å².